The number of ether oxygens (including phenoxy) is 1. The predicted molar refractivity (Wildman–Crippen MR) is 65.0 cm³/mol. The second kappa shape index (κ2) is 7.20. The number of benzene rings is 1. The van der Waals surface area contributed by atoms with Gasteiger partial charge in [0.1, 0.15) is 5.75 Å². The molecule has 2 nitrogen and oxygen atoms in total. The Kier molecular flexibility index (Phi) is 5.85. The van der Waals surface area contributed by atoms with Gasteiger partial charge in [0.2, 0.25) is 0 Å². The molecule has 0 aliphatic carbocycles. The summed E-state index contributed by atoms with van der Waals surface area (Å²) in [4.78, 5) is 10.4. The highest BCUT2D eigenvalue weighted by molar-refractivity contribution is 5.99. The van der Waals surface area contributed by atoms with Crippen LogP contribution < -0.4 is 4.74 Å². The third-order valence-electron chi connectivity index (χ3n) is 2.34. The number of carbonyl (C=O) groups excluding carboxylic acids is 1. The number of carbonyl (C=O) groups is 1. The van der Waals surface area contributed by atoms with Crippen LogP contribution in [0.5, 0.6) is 5.75 Å². The Balaban J connectivity index is 2.40. The molecular formula is C14H10F6O2. The van der Waals surface area contributed by atoms with Gasteiger partial charge in [-0.2, -0.15) is 26.3 Å². The summed E-state index contributed by atoms with van der Waals surface area (Å²) in [5.74, 6) is 1.33. The fraction of sp³-hybridized carbons (Fsp3) is 0.357. The molecule has 0 spiro atoms. The smallest absolute Gasteiger partial charge is 0.462 e. The largest absolute Gasteiger partial charge is 0.494 e. The molecule has 0 unspecified atom stereocenters. The third-order valence-corrected chi connectivity index (χ3v) is 2.34. The Bertz CT molecular complexity index is 577. The molecule has 22 heavy (non-hydrogen) atoms. The van der Waals surface area contributed by atoms with Crippen molar-refractivity contribution in [3.8, 4) is 17.6 Å². The number of Topliss-reactive ketones (excluding diaryl/α,β-unsaturated/α-hetero) is 1. The van der Waals surface area contributed by atoms with Gasteiger partial charge in [0.15, 0.2) is 0 Å². The van der Waals surface area contributed by atoms with Crippen LogP contribution in [0.25, 0.3) is 0 Å². The lowest BCUT2D eigenvalue weighted by Crippen LogP contribution is -2.20. The molecule has 8 heteroatoms. The molecule has 0 fully saturated rings. The quantitative estimate of drug-likeness (QED) is 0.362. The van der Waals surface area contributed by atoms with E-state index in [1.165, 1.54) is 18.1 Å². The zero-order chi connectivity index (χ0) is 16.8. The Labute approximate surface area is 122 Å². The number of halogens is 6. The van der Waals surface area contributed by atoms with Crippen LogP contribution in [0, 0.1) is 11.8 Å². The molecule has 0 aliphatic rings. The number of unbranched alkanes of at least 4 members (excludes halogenated alkanes) is 1. The van der Waals surface area contributed by atoms with Crippen molar-refractivity contribution in [3.05, 3.63) is 29.8 Å². The molecular weight excluding hydrogens is 314 g/mol. The summed E-state index contributed by atoms with van der Waals surface area (Å²) in [5, 5.41) is 0. The van der Waals surface area contributed by atoms with Crippen molar-refractivity contribution in [3.63, 3.8) is 0 Å². The average Bonchev–Trinajstić information content (AvgIpc) is 2.40. The fourth-order valence-electron chi connectivity index (χ4n) is 1.33. The molecule has 1 aromatic rings. The standard InChI is InChI=1S/C14H10F6O2/c15-13(16,17)10-5-4-6-11(9-10)22-8-3-1-2-7-12(21)14(18,19)20/h4-6,9H,1,3,8H2. The monoisotopic (exact) mass is 324 g/mol. The number of hydrogen-bond donors (Lipinski definition) is 0. The van der Waals surface area contributed by atoms with E-state index in [1.54, 1.807) is 0 Å². The van der Waals surface area contributed by atoms with Crippen LogP contribution in [0.3, 0.4) is 0 Å². The van der Waals surface area contributed by atoms with Gasteiger partial charge in [-0.1, -0.05) is 12.0 Å². The summed E-state index contributed by atoms with van der Waals surface area (Å²) < 4.78 is 77.8. The highest BCUT2D eigenvalue weighted by Crippen LogP contribution is 2.31. The van der Waals surface area contributed by atoms with Gasteiger partial charge in [0, 0.05) is 6.42 Å². The van der Waals surface area contributed by atoms with E-state index in [9.17, 15) is 31.1 Å². The van der Waals surface area contributed by atoms with Gasteiger partial charge in [-0.05, 0) is 30.5 Å². The van der Waals surface area contributed by atoms with E-state index in [0.29, 0.717) is 0 Å². The molecule has 0 amide bonds. The molecule has 120 valence electrons. The first-order chi connectivity index (χ1) is 10.1. The molecule has 1 rings (SSSR count). The van der Waals surface area contributed by atoms with Crippen LogP contribution >= 0.6 is 0 Å². The highest BCUT2D eigenvalue weighted by Gasteiger charge is 2.37. The summed E-state index contributed by atoms with van der Waals surface area (Å²) >= 11 is 0. The van der Waals surface area contributed by atoms with E-state index in [-0.39, 0.29) is 25.2 Å². The second-order valence-electron chi connectivity index (χ2n) is 4.11. The van der Waals surface area contributed by atoms with Gasteiger partial charge in [-0.3, -0.25) is 4.79 Å². The minimum absolute atomic E-state index is 0.00541. The number of rotatable bonds is 4. The van der Waals surface area contributed by atoms with Gasteiger partial charge in [-0.25, -0.2) is 0 Å². The molecule has 0 atom stereocenters. The van der Waals surface area contributed by atoms with Crippen molar-refractivity contribution < 1.29 is 35.9 Å². The van der Waals surface area contributed by atoms with Crippen LogP contribution in [0.2, 0.25) is 0 Å². The van der Waals surface area contributed by atoms with E-state index >= 15 is 0 Å². The molecule has 0 aliphatic heterocycles. The van der Waals surface area contributed by atoms with Gasteiger partial charge >= 0.3 is 18.1 Å². The maximum absolute atomic E-state index is 12.4. The minimum Gasteiger partial charge on any atom is -0.494 e. The SMILES string of the molecule is O=C(C#CCCCOc1cccc(C(F)(F)F)c1)C(F)(F)F. The molecule has 0 saturated heterocycles. The topological polar surface area (TPSA) is 26.3 Å². The maximum atomic E-state index is 12.4. The fourth-order valence-corrected chi connectivity index (χ4v) is 1.33. The third kappa shape index (κ3) is 6.08. The average molecular weight is 324 g/mol. The van der Waals surface area contributed by atoms with Gasteiger partial charge in [0.25, 0.3) is 0 Å². The molecule has 0 N–H and O–H groups in total. The van der Waals surface area contributed by atoms with E-state index in [0.717, 1.165) is 12.1 Å². The highest BCUT2D eigenvalue weighted by atomic mass is 19.4. The summed E-state index contributed by atoms with van der Waals surface area (Å²) in [6, 6.07) is 4.22. The van der Waals surface area contributed by atoms with Crippen LogP contribution in [-0.2, 0) is 11.0 Å². The molecule has 1 aromatic carbocycles. The summed E-state index contributed by atoms with van der Waals surface area (Å²) in [7, 11) is 0. The Hall–Kier alpha value is -2.17. The predicted octanol–water partition coefficient (Wildman–Crippen LogP) is 4.00. The summed E-state index contributed by atoms with van der Waals surface area (Å²) in [6.45, 7) is -0.0315. The number of ketones is 1. The van der Waals surface area contributed by atoms with Crippen molar-refractivity contribution in [2.75, 3.05) is 6.61 Å². The van der Waals surface area contributed by atoms with Crippen molar-refractivity contribution in [1.82, 2.24) is 0 Å². The van der Waals surface area contributed by atoms with E-state index in [2.05, 4.69) is 0 Å². The Morgan fingerprint density at radius 1 is 1.14 bits per heavy atom. The van der Waals surface area contributed by atoms with Crippen LogP contribution in [0.15, 0.2) is 24.3 Å². The molecule has 0 radical (unpaired) electrons. The Morgan fingerprint density at radius 2 is 1.82 bits per heavy atom. The number of alkyl halides is 6. The zero-order valence-electron chi connectivity index (χ0n) is 11.0. The van der Waals surface area contributed by atoms with Crippen molar-refractivity contribution in [2.24, 2.45) is 0 Å². The lowest BCUT2D eigenvalue weighted by molar-refractivity contribution is -0.164. The molecule has 0 aromatic heterocycles. The van der Waals surface area contributed by atoms with Crippen LogP contribution in [0.4, 0.5) is 26.3 Å². The van der Waals surface area contributed by atoms with Gasteiger partial charge < -0.3 is 4.74 Å². The van der Waals surface area contributed by atoms with Crippen LogP contribution in [0.1, 0.15) is 18.4 Å². The lowest BCUT2D eigenvalue weighted by atomic mass is 10.2. The summed E-state index contributed by atoms with van der Waals surface area (Å²) in [5.41, 5.74) is -0.861. The molecule has 0 saturated carbocycles. The van der Waals surface area contributed by atoms with Crippen molar-refractivity contribution >= 4 is 5.78 Å². The first kappa shape index (κ1) is 17.9. The molecule has 0 bridgehead atoms. The van der Waals surface area contributed by atoms with Crippen LogP contribution in [-0.4, -0.2) is 18.6 Å². The van der Waals surface area contributed by atoms with Gasteiger partial charge in [0.05, 0.1) is 12.2 Å². The minimum atomic E-state index is -4.98. The lowest BCUT2D eigenvalue weighted by Gasteiger charge is -2.09. The first-order valence-corrected chi connectivity index (χ1v) is 6.01. The summed E-state index contributed by atoms with van der Waals surface area (Å²) in [6.07, 6.45) is -9.33. The first-order valence-electron chi connectivity index (χ1n) is 6.01. The van der Waals surface area contributed by atoms with E-state index in [1.807, 2.05) is 5.92 Å². The van der Waals surface area contributed by atoms with Crippen molar-refractivity contribution in [2.45, 2.75) is 25.2 Å². The second-order valence-corrected chi connectivity index (χ2v) is 4.11. The zero-order valence-corrected chi connectivity index (χ0v) is 11.0. The van der Waals surface area contributed by atoms with E-state index < -0.39 is 23.7 Å². The van der Waals surface area contributed by atoms with Gasteiger partial charge in [-0.15, -0.1) is 0 Å². The Morgan fingerprint density at radius 3 is 2.41 bits per heavy atom. The van der Waals surface area contributed by atoms with Crippen molar-refractivity contribution in [1.29, 1.82) is 0 Å². The molecule has 0 heterocycles. The van der Waals surface area contributed by atoms with E-state index in [4.69, 9.17) is 4.74 Å². The normalized spacial score (nSPS) is 11.5. The number of hydrogen-bond acceptors (Lipinski definition) is 2. The maximum Gasteiger partial charge on any atom is 0.462 e.